The predicted molar refractivity (Wildman–Crippen MR) is 119 cm³/mol. The van der Waals surface area contributed by atoms with Crippen molar-refractivity contribution in [3.63, 3.8) is 0 Å². The van der Waals surface area contributed by atoms with Crippen molar-refractivity contribution in [3.05, 3.63) is 53.3 Å². The second-order valence-electron chi connectivity index (χ2n) is 8.73. The summed E-state index contributed by atoms with van der Waals surface area (Å²) in [6, 6.07) is 9.15. The van der Waals surface area contributed by atoms with Gasteiger partial charge < -0.3 is 11.1 Å². The first-order valence-electron chi connectivity index (χ1n) is 10.3. The lowest BCUT2D eigenvalue weighted by atomic mass is 9.94. The van der Waals surface area contributed by atoms with Gasteiger partial charge in [0.25, 0.3) is 0 Å². The molecule has 2 aromatic rings. The number of hydrogen-bond donors (Lipinski definition) is 2. The molecule has 3 rings (SSSR count). The molecular weight excluding hydrogens is 378 g/mol. The van der Waals surface area contributed by atoms with Gasteiger partial charge in [-0.3, -0.25) is 14.5 Å². The molecule has 1 aromatic carbocycles. The van der Waals surface area contributed by atoms with Crippen molar-refractivity contribution in [2.24, 2.45) is 5.92 Å². The molecular formula is C23H33N5O2. The quantitative estimate of drug-likeness (QED) is 0.592. The lowest BCUT2D eigenvalue weighted by Gasteiger charge is -2.33. The average Bonchev–Trinajstić information content (AvgIpc) is 2.68. The van der Waals surface area contributed by atoms with Crippen LogP contribution in [0, 0.1) is 12.8 Å². The number of aromatic nitrogens is 2. The first-order chi connectivity index (χ1) is 14.2. The minimum absolute atomic E-state index is 0.0804. The van der Waals surface area contributed by atoms with Crippen LogP contribution in [0.3, 0.4) is 0 Å². The topological polar surface area (TPSA) is 101 Å². The molecule has 0 unspecified atom stereocenters. The number of likely N-dealkylation sites (tertiary alicyclic amines) is 1. The molecule has 1 aliphatic rings. The largest absolute Gasteiger partial charge is 0.399 e. The molecule has 1 aliphatic heterocycles. The number of nitrogens with zero attached hydrogens (tertiary/aromatic N) is 3. The highest BCUT2D eigenvalue weighted by atomic mass is 16.2. The molecule has 7 heteroatoms. The van der Waals surface area contributed by atoms with Crippen LogP contribution in [0.25, 0.3) is 0 Å². The van der Waals surface area contributed by atoms with Crippen LogP contribution in [-0.2, 0) is 11.3 Å². The van der Waals surface area contributed by atoms with Crippen LogP contribution in [0.5, 0.6) is 0 Å². The Morgan fingerprint density at radius 1 is 1.27 bits per heavy atom. The summed E-state index contributed by atoms with van der Waals surface area (Å²) >= 11 is 0. The van der Waals surface area contributed by atoms with E-state index in [1.807, 2.05) is 45.9 Å². The number of nitrogens with two attached hydrogens (primary N) is 1. The molecule has 0 atom stereocenters. The highest BCUT2D eigenvalue weighted by molar-refractivity contribution is 5.79. The van der Waals surface area contributed by atoms with Gasteiger partial charge in [0, 0.05) is 35.4 Å². The third kappa shape index (κ3) is 7.91. The first kappa shape index (κ1) is 23.5. The summed E-state index contributed by atoms with van der Waals surface area (Å²) in [5.41, 5.74) is 8.91. The first-order valence-corrected chi connectivity index (χ1v) is 10.3. The van der Waals surface area contributed by atoms with Crippen molar-refractivity contribution in [2.45, 2.75) is 52.6 Å². The van der Waals surface area contributed by atoms with Crippen molar-refractivity contribution < 1.29 is 9.59 Å². The van der Waals surface area contributed by atoms with Crippen LogP contribution < -0.4 is 11.1 Å². The van der Waals surface area contributed by atoms with E-state index in [1.54, 1.807) is 18.3 Å². The number of rotatable bonds is 4. The van der Waals surface area contributed by atoms with Crippen molar-refractivity contribution in [1.82, 2.24) is 20.4 Å². The standard InChI is InChI=1S/C18H27N3O2.C5H6N2/c1-18(2,3)20-17(23)13-6-8-21(9-7-13)11-15-10-16(19)5-4-14(15)12-22;1-5-3-2-4-6-7-5/h4-5,10,12-13H,6-9,11,19H2,1-3H3,(H,20,23);2-4H,1H3. The third-order valence-electron chi connectivity index (χ3n) is 4.85. The normalized spacial score (nSPS) is 15.1. The van der Waals surface area contributed by atoms with Crippen LogP contribution in [0.1, 0.15) is 55.2 Å². The number of anilines is 1. The van der Waals surface area contributed by atoms with Gasteiger partial charge in [-0.2, -0.15) is 10.2 Å². The van der Waals surface area contributed by atoms with Gasteiger partial charge in [0.05, 0.1) is 5.69 Å². The maximum absolute atomic E-state index is 12.2. The summed E-state index contributed by atoms with van der Waals surface area (Å²) in [7, 11) is 0. The molecule has 0 radical (unpaired) electrons. The molecule has 0 bridgehead atoms. The minimum atomic E-state index is -0.186. The monoisotopic (exact) mass is 411 g/mol. The van der Waals surface area contributed by atoms with E-state index < -0.39 is 0 Å². The van der Waals surface area contributed by atoms with E-state index >= 15 is 0 Å². The highest BCUT2D eigenvalue weighted by Gasteiger charge is 2.27. The summed E-state index contributed by atoms with van der Waals surface area (Å²) in [5.74, 6) is 0.228. The number of hydrogen-bond acceptors (Lipinski definition) is 6. The van der Waals surface area contributed by atoms with Gasteiger partial charge in [-0.05, 0) is 89.5 Å². The molecule has 1 amide bonds. The fourth-order valence-electron chi connectivity index (χ4n) is 3.32. The number of nitrogen functional groups attached to an aromatic ring is 1. The van der Waals surface area contributed by atoms with Crippen molar-refractivity contribution in [1.29, 1.82) is 0 Å². The summed E-state index contributed by atoms with van der Waals surface area (Å²) < 4.78 is 0. The number of benzene rings is 1. The molecule has 30 heavy (non-hydrogen) atoms. The van der Waals surface area contributed by atoms with E-state index in [-0.39, 0.29) is 17.4 Å². The van der Waals surface area contributed by atoms with E-state index in [0.29, 0.717) is 17.8 Å². The van der Waals surface area contributed by atoms with E-state index in [0.717, 1.165) is 43.5 Å². The Balaban J connectivity index is 0.000000386. The van der Waals surface area contributed by atoms with Crippen molar-refractivity contribution in [2.75, 3.05) is 18.8 Å². The lowest BCUT2D eigenvalue weighted by molar-refractivity contribution is -0.127. The third-order valence-corrected chi connectivity index (χ3v) is 4.85. The number of piperidine rings is 1. The molecule has 7 nitrogen and oxygen atoms in total. The Kier molecular flexibility index (Phi) is 8.47. The number of aldehydes is 1. The molecule has 0 aliphatic carbocycles. The van der Waals surface area contributed by atoms with Gasteiger partial charge in [0.1, 0.15) is 6.29 Å². The molecule has 1 fully saturated rings. The highest BCUT2D eigenvalue weighted by Crippen LogP contribution is 2.22. The maximum Gasteiger partial charge on any atom is 0.223 e. The molecule has 3 N–H and O–H groups in total. The Hall–Kier alpha value is -2.80. The number of aryl methyl sites for hydroxylation is 1. The zero-order valence-corrected chi connectivity index (χ0v) is 18.4. The van der Waals surface area contributed by atoms with Crippen molar-refractivity contribution >= 4 is 17.9 Å². The Bertz CT molecular complexity index is 825. The van der Waals surface area contributed by atoms with Gasteiger partial charge in [-0.25, -0.2) is 0 Å². The zero-order chi connectivity index (χ0) is 22.1. The Labute approximate surface area is 179 Å². The second-order valence-corrected chi connectivity index (χ2v) is 8.73. The number of amides is 1. The van der Waals surface area contributed by atoms with E-state index in [2.05, 4.69) is 20.4 Å². The zero-order valence-electron chi connectivity index (χ0n) is 18.4. The van der Waals surface area contributed by atoms with Gasteiger partial charge in [0.15, 0.2) is 0 Å². The van der Waals surface area contributed by atoms with Gasteiger partial charge >= 0.3 is 0 Å². The smallest absolute Gasteiger partial charge is 0.223 e. The molecule has 2 heterocycles. The maximum atomic E-state index is 12.2. The summed E-state index contributed by atoms with van der Waals surface area (Å²) in [5, 5.41) is 10.4. The minimum Gasteiger partial charge on any atom is -0.399 e. The number of nitrogens with one attached hydrogen (secondary N) is 1. The van der Waals surface area contributed by atoms with Crippen LogP contribution >= 0.6 is 0 Å². The predicted octanol–water partition coefficient (Wildman–Crippen LogP) is 2.99. The van der Waals surface area contributed by atoms with Crippen LogP contribution in [0.2, 0.25) is 0 Å². The number of carbonyl (C=O) groups is 2. The fourth-order valence-corrected chi connectivity index (χ4v) is 3.32. The van der Waals surface area contributed by atoms with Gasteiger partial charge in [-0.1, -0.05) is 0 Å². The fraction of sp³-hybridized carbons (Fsp3) is 0.478. The van der Waals surface area contributed by atoms with E-state index in [1.165, 1.54) is 0 Å². The summed E-state index contributed by atoms with van der Waals surface area (Å²) in [6.45, 7) is 10.3. The van der Waals surface area contributed by atoms with Crippen LogP contribution in [0.15, 0.2) is 36.5 Å². The molecule has 1 aromatic heterocycles. The van der Waals surface area contributed by atoms with Gasteiger partial charge in [0.2, 0.25) is 5.91 Å². The van der Waals surface area contributed by atoms with Crippen LogP contribution in [-0.4, -0.2) is 45.9 Å². The van der Waals surface area contributed by atoms with E-state index in [9.17, 15) is 9.59 Å². The SMILES string of the molecule is CC(C)(C)NC(=O)C1CCN(Cc2cc(N)ccc2C=O)CC1.Cc1cccnn1. The molecule has 0 spiro atoms. The average molecular weight is 412 g/mol. The number of carbonyl (C=O) groups excluding carboxylic acids is 2. The second kappa shape index (κ2) is 10.8. The Morgan fingerprint density at radius 2 is 1.97 bits per heavy atom. The Morgan fingerprint density at radius 3 is 2.47 bits per heavy atom. The van der Waals surface area contributed by atoms with Crippen LogP contribution in [0.4, 0.5) is 5.69 Å². The van der Waals surface area contributed by atoms with Gasteiger partial charge in [-0.15, -0.1) is 0 Å². The summed E-state index contributed by atoms with van der Waals surface area (Å²) in [6.07, 6.45) is 4.23. The molecule has 162 valence electrons. The summed E-state index contributed by atoms with van der Waals surface area (Å²) in [4.78, 5) is 25.7. The molecule has 1 saturated heterocycles. The lowest BCUT2D eigenvalue weighted by Crippen LogP contribution is -2.46. The van der Waals surface area contributed by atoms with E-state index in [4.69, 9.17) is 5.73 Å². The van der Waals surface area contributed by atoms with Crippen molar-refractivity contribution in [3.8, 4) is 0 Å². The molecule has 0 saturated carbocycles.